The third kappa shape index (κ3) is 5.91. The molecule has 1 aromatic heterocycles. The second kappa shape index (κ2) is 10.6. The number of alkyl halides is 3. The van der Waals surface area contributed by atoms with Gasteiger partial charge in [0.1, 0.15) is 5.82 Å². The van der Waals surface area contributed by atoms with E-state index in [1.807, 2.05) is 24.5 Å². The molecule has 4 rings (SSSR count). The van der Waals surface area contributed by atoms with Gasteiger partial charge in [-0.15, -0.1) is 0 Å². The van der Waals surface area contributed by atoms with Crippen molar-refractivity contribution in [2.45, 2.75) is 50.9 Å². The number of rotatable bonds is 8. The van der Waals surface area contributed by atoms with E-state index in [1.54, 1.807) is 31.2 Å². The van der Waals surface area contributed by atoms with Crippen molar-refractivity contribution in [1.29, 1.82) is 0 Å². The van der Waals surface area contributed by atoms with Gasteiger partial charge in [-0.25, -0.2) is 13.4 Å². The van der Waals surface area contributed by atoms with Gasteiger partial charge in [-0.3, -0.25) is 4.79 Å². The lowest BCUT2D eigenvalue weighted by atomic mass is 10.1. The molecular formula is C28H28F3N3O3S. The monoisotopic (exact) mass is 543 g/mol. The summed E-state index contributed by atoms with van der Waals surface area (Å²) in [5, 5.41) is 2.84. The van der Waals surface area contributed by atoms with Crippen molar-refractivity contribution in [2.24, 2.45) is 0 Å². The number of carbonyl (C=O) groups is 1. The van der Waals surface area contributed by atoms with Crippen molar-refractivity contribution >= 4 is 26.8 Å². The average molecular weight is 544 g/mol. The Morgan fingerprint density at radius 3 is 2.18 bits per heavy atom. The van der Waals surface area contributed by atoms with E-state index in [4.69, 9.17) is 4.98 Å². The molecule has 0 saturated carbocycles. The van der Waals surface area contributed by atoms with Crippen LogP contribution in [0.4, 0.5) is 13.2 Å². The summed E-state index contributed by atoms with van der Waals surface area (Å²) in [7, 11) is -3.29. The smallest absolute Gasteiger partial charge is 0.348 e. The molecule has 0 bridgehead atoms. The van der Waals surface area contributed by atoms with E-state index in [9.17, 15) is 26.4 Å². The molecule has 38 heavy (non-hydrogen) atoms. The van der Waals surface area contributed by atoms with Crippen LogP contribution in [-0.4, -0.2) is 29.6 Å². The molecule has 10 heteroatoms. The summed E-state index contributed by atoms with van der Waals surface area (Å²) in [5.41, 5.74) is 2.62. The Morgan fingerprint density at radius 2 is 1.61 bits per heavy atom. The highest BCUT2D eigenvalue weighted by atomic mass is 32.2. The van der Waals surface area contributed by atoms with Crippen LogP contribution in [0, 0.1) is 0 Å². The quantitative estimate of drug-likeness (QED) is 0.298. The highest BCUT2D eigenvalue weighted by molar-refractivity contribution is 7.91. The molecule has 6 nitrogen and oxygen atoms in total. The van der Waals surface area contributed by atoms with Gasteiger partial charge in [0.2, 0.25) is 0 Å². The zero-order valence-corrected chi connectivity index (χ0v) is 22.0. The van der Waals surface area contributed by atoms with E-state index in [0.717, 1.165) is 23.2 Å². The van der Waals surface area contributed by atoms with Gasteiger partial charge in [0.25, 0.3) is 5.91 Å². The fourth-order valence-electron chi connectivity index (χ4n) is 4.25. The molecule has 0 radical (unpaired) electrons. The Balaban J connectivity index is 1.52. The molecule has 1 N–H and O–H groups in total. The number of halogens is 3. The number of sulfone groups is 1. The molecule has 0 atom stereocenters. The maximum Gasteiger partial charge on any atom is 0.416 e. The molecule has 0 fully saturated rings. The molecule has 0 unspecified atom stereocenters. The Bertz CT molecular complexity index is 1560. The zero-order valence-electron chi connectivity index (χ0n) is 21.2. The maximum atomic E-state index is 12.9. The highest BCUT2D eigenvalue weighted by Crippen LogP contribution is 2.30. The number of nitrogens with one attached hydrogen (secondary N) is 1. The van der Waals surface area contributed by atoms with Gasteiger partial charge in [0.15, 0.2) is 9.84 Å². The number of amides is 1. The fourth-order valence-corrected chi connectivity index (χ4v) is 5.13. The van der Waals surface area contributed by atoms with Crippen LogP contribution >= 0.6 is 0 Å². The van der Waals surface area contributed by atoms with Crippen LogP contribution in [0.2, 0.25) is 0 Å². The predicted octanol–water partition coefficient (Wildman–Crippen LogP) is 5.95. The van der Waals surface area contributed by atoms with Crippen LogP contribution in [-0.2, 0) is 29.0 Å². The first-order chi connectivity index (χ1) is 17.9. The fraction of sp³-hybridized carbons (Fsp3) is 0.286. The first-order valence-corrected chi connectivity index (χ1v) is 13.8. The predicted molar refractivity (Wildman–Crippen MR) is 140 cm³/mol. The Morgan fingerprint density at radius 1 is 0.974 bits per heavy atom. The summed E-state index contributed by atoms with van der Waals surface area (Å²) in [6.07, 6.45) is -4.05. The van der Waals surface area contributed by atoms with E-state index < -0.39 is 21.6 Å². The van der Waals surface area contributed by atoms with Gasteiger partial charge in [0.05, 0.1) is 27.2 Å². The van der Waals surface area contributed by atoms with Crippen molar-refractivity contribution in [1.82, 2.24) is 14.9 Å². The second-order valence-corrected chi connectivity index (χ2v) is 11.6. The van der Waals surface area contributed by atoms with Crippen LogP contribution < -0.4 is 5.32 Å². The molecule has 3 aromatic carbocycles. The number of hydrogen-bond donors (Lipinski definition) is 1. The van der Waals surface area contributed by atoms with Crippen LogP contribution in [0.15, 0.2) is 71.6 Å². The topological polar surface area (TPSA) is 81.1 Å². The SMILES string of the molecule is CCS(=O)(=O)c1ccc(CNC(=O)c2ccc3c(c2)nc(Cc2ccc(C(F)(F)F)cc2)n3C(C)C)cc1. The van der Waals surface area contributed by atoms with Crippen LogP contribution in [0.3, 0.4) is 0 Å². The molecule has 200 valence electrons. The standard InChI is InChI=1S/C28H28F3N3O3S/c1-4-38(36,37)23-12-7-20(8-13-23)17-32-27(35)21-9-14-25-24(16-21)33-26(34(25)18(2)3)15-19-5-10-22(11-6-19)28(29,30)31/h5-14,16,18H,4,15,17H2,1-3H3,(H,32,35). The Labute approximate surface area is 219 Å². The molecular weight excluding hydrogens is 515 g/mol. The van der Waals surface area contributed by atoms with Crippen LogP contribution in [0.1, 0.15) is 59.7 Å². The first-order valence-electron chi connectivity index (χ1n) is 12.2. The van der Waals surface area contributed by atoms with E-state index in [2.05, 4.69) is 5.32 Å². The maximum absolute atomic E-state index is 12.9. The lowest BCUT2D eigenvalue weighted by Crippen LogP contribution is -2.22. The minimum absolute atomic E-state index is 0.0180. The molecule has 0 saturated heterocycles. The van der Waals surface area contributed by atoms with Crippen molar-refractivity contribution in [3.05, 3.63) is 94.8 Å². The minimum atomic E-state index is -4.39. The normalized spacial score (nSPS) is 12.3. The van der Waals surface area contributed by atoms with Gasteiger partial charge in [-0.1, -0.05) is 31.2 Å². The number of hydrogen-bond acceptors (Lipinski definition) is 4. The average Bonchev–Trinajstić information content (AvgIpc) is 3.24. The van der Waals surface area contributed by atoms with Gasteiger partial charge in [-0.05, 0) is 67.4 Å². The zero-order chi connectivity index (χ0) is 27.7. The van der Waals surface area contributed by atoms with Gasteiger partial charge in [-0.2, -0.15) is 13.2 Å². The summed E-state index contributed by atoms with van der Waals surface area (Å²) < 4.78 is 64.7. The summed E-state index contributed by atoms with van der Waals surface area (Å²) in [4.78, 5) is 17.8. The van der Waals surface area contributed by atoms with Crippen molar-refractivity contribution in [2.75, 3.05) is 5.75 Å². The summed E-state index contributed by atoms with van der Waals surface area (Å²) in [6, 6.07) is 16.7. The molecule has 1 amide bonds. The molecule has 0 aliphatic rings. The summed E-state index contributed by atoms with van der Waals surface area (Å²) >= 11 is 0. The van der Waals surface area contributed by atoms with E-state index in [-0.39, 0.29) is 29.1 Å². The number of benzene rings is 3. The highest BCUT2D eigenvalue weighted by Gasteiger charge is 2.30. The third-order valence-corrected chi connectivity index (χ3v) is 8.05. The lowest BCUT2D eigenvalue weighted by Gasteiger charge is -2.14. The number of imidazole rings is 1. The second-order valence-electron chi connectivity index (χ2n) is 9.30. The van der Waals surface area contributed by atoms with Gasteiger partial charge >= 0.3 is 6.18 Å². The third-order valence-electron chi connectivity index (χ3n) is 6.30. The van der Waals surface area contributed by atoms with Gasteiger partial charge < -0.3 is 9.88 Å². The Hall–Kier alpha value is -3.66. The molecule has 1 heterocycles. The molecule has 0 aliphatic carbocycles. The Kier molecular flexibility index (Phi) is 7.64. The largest absolute Gasteiger partial charge is 0.416 e. The number of aromatic nitrogens is 2. The summed E-state index contributed by atoms with van der Waals surface area (Å²) in [5.74, 6) is 0.402. The van der Waals surface area contributed by atoms with E-state index in [1.165, 1.54) is 24.3 Å². The molecule has 4 aromatic rings. The number of fused-ring (bicyclic) bond motifs is 1. The van der Waals surface area contributed by atoms with Crippen LogP contribution in [0.25, 0.3) is 11.0 Å². The van der Waals surface area contributed by atoms with Crippen molar-refractivity contribution < 1.29 is 26.4 Å². The summed E-state index contributed by atoms with van der Waals surface area (Å²) in [6.45, 7) is 5.80. The van der Waals surface area contributed by atoms with Gasteiger partial charge in [0, 0.05) is 24.6 Å². The number of carbonyl (C=O) groups excluding carboxylic acids is 1. The molecule has 0 aliphatic heterocycles. The van der Waals surface area contributed by atoms with Crippen LogP contribution in [0.5, 0.6) is 0 Å². The van der Waals surface area contributed by atoms with E-state index in [0.29, 0.717) is 28.9 Å². The lowest BCUT2D eigenvalue weighted by molar-refractivity contribution is -0.137. The first kappa shape index (κ1) is 27.4. The number of nitrogens with zero attached hydrogens (tertiary/aromatic N) is 2. The van der Waals surface area contributed by atoms with Crippen molar-refractivity contribution in [3.8, 4) is 0 Å². The molecule has 0 spiro atoms. The van der Waals surface area contributed by atoms with E-state index >= 15 is 0 Å². The minimum Gasteiger partial charge on any atom is -0.348 e. The van der Waals surface area contributed by atoms with Crippen molar-refractivity contribution in [3.63, 3.8) is 0 Å².